The normalized spacial score (nSPS) is 28.6. The Morgan fingerprint density at radius 3 is 3.12 bits per heavy atom. The van der Waals surface area contributed by atoms with E-state index in [0.29, 0.717) is 0 Å². The van der Waals surface area contributed by atoms with E-state index in [1.54, 1.807) is 15.3 Å². The lowest BCUT2D eigenvalue weighted by Gasteiger charge is -2.15. The first-order valence-electron chi connectivity index (χ1n) is 6.28. The van der Waals surface area contributed by atoms with Gasteiger partial charge >= 0.3 is 0 Å². The van der Waals surface area contributed by atoms with Crippen LogP contribution in [0.4, 0.5) is 0 Å². The lowest BCUT2D eigenvalue weighted by atomic mass is 10.1. The quantitative estimate of drug-likeness (QED) is 0.887. The van der Waals surface area contributed by atoms with E-state index < -0.39 is 0 Å². The Balaban J connectivity index is 1.58. The average Bonchev–Trinajstić information content (AvgIpc) is 2.89. The number of thiophene rings is 1. The van der Waals surface area contributed by atoms with Crippen LogP contribution in [0.25, 0.3) is 0 Å². The Bertz CT molecular complexity index is 351. The molecule has 1 aromatic rings. The molecule has 1 N–H and O–H groups in total. The van der Waals surface area contributed by atoms with Crippen LogP contribution in [0.2, 0.25) is 0 Å². The first-order valence-corrected chi connectivity index (χ1v) is 8.15. The summed E-state index contributed by atoms with van der Waals surface area (Å²) in [6.07, 6.45) is 5.37. The Hall–Kier alpha value is 0.01000. The second-order valence-corrected chi connectivity index (χ2v) is 7.57. The predicted molar refractivity (Wildman–Crippen MR) is 73.5 cm³/mol. The standard InChI is InChI=1S/C13H19NS2/c1-9-12(5-6-15-9)14-8-11-7-10-3-2-4-13(10)16-11/h7,9,12,14H,2-6,8H2,1H3. The van der Waals surface area contributed by atoms with E-state index in [1.165, 1.54) is 31.4 Å². The van der Waals surface area contributed by atoms with E-state index in [4.69, 9.17) is 0 Å². The van der Waals surface area contributed by atoms with Gasteiger partial charge in [0, 0.05) is 27.6 Å². The molecule has 3 heteroatoms. The number of hydrogen-bond donors (Lipinski definition) is 1. The van der Waals surface area contributed by atoms with Crippen molar-refractivity contribution < 1.29 is 0 Å². The smallest absolute Gasteiger partial charge is 0.0302 e. The fourth-order valence-electron chi connectivity index (χ4n) is 2.71. The highest BCUT2D eigenvalue weighted by Gasteiger charge is 2.23. The minimum atomic E-state index is 0.738. The van der Waals surface area contributed by atoms with Crippen LogP contribution in [-0.2, 0) is 19.4 Å². The van der Waals surface area contributed by atoms with Crippen LogP contribution in [0.5, 0.6) is 0 Å². The number of aryl methyl sites for hydroxylation is 2. The van der Waals surface area contributed by atoms with Gasteiger partial charge in [-0.25, -0.2) is 0 Å². The van der Waals surface area contributed by atoms with Gasteiger partial charge in [0.2, 0.25) is 0 Å². The van der Waals surface area contributed by atoms with E-state index in [0.717, 1.165) is 17.8 Å². The third-order valence-corrected chi connectivity index (χ3v) is 6.28. The third kappa shape index (κ3) is 2.18. The van der Waals surface area contributed by atoms with Gasteiger partial charge in [0.1, 0.15) is 0 Å². The number of thioether (sulfide) groups is 1. The molecule has 0 radical (unpaired) electrons. The predicted octanol–water partition coefficient (Wildman–Crippen LogP) is 3.22. The molecule has 3 rings (SSSR count). The number of hydrogen-bond acceptors (Lipinski definition) is 3. The summed E-state index contributed by atoms with van der Waals surface area (Å²) >= 11 is 4.14. The molecule has 1 nitrogen and oxygen atoms in total. The van der Waals surface area contributed by atoms with Gasteiger partial charge in [0.25, 0.3) is 0 Å². The molecule has 88 valence electrons. The van der Waals surface area contributed by atoms with Gasteiger partial charge in [-0.05, 0) is 43.1 Å². The van der Waals surface area contributed by atoms with Crippen molar-refractivity contribution in [2.24, 2.45) is 0 Å². The van der Waals surface area contributed by atoms with Crippen molar-refractivity contribution >= 4 is 23.1 Å². The summed E-state index contributed by atoms with van der Waals surface area (Å²) in [5.74, 6) is 1.33. The first kappa shape index (κ1) is 11.1. The minimum Gasteiger partial charge on any atom is -0.308 e. The van der Waals surface area contributed by atoms with Gasteiger partial charge in [-0.15, -0.1) is 11.3 Å². The lowest BCUT2D eigenvalue weighted by molar-refractivity contribution is 0.515. The summed E-state index contributed by atoms with van der Waals surface area (Å²) in [5, 5.41) is 4.52. The van der Waals surface area contributed by atoms with Gasteiger partial charge in [0.05, 0.1) is 0 Å². The molecule has 0 saturated carbocycles. The van der Waals surface area contributed by atoms with E-state index in [-0.39, 0.29) is 0 Å². The van der Waals surface area contributed by atoms with E-state index in [2.05, 4.69) is 30.1 Å². The molecule has 0 amide bonds. The highest BCUT2D eigenvalue weighted by molar-refractivity contribution is 8.00. The zero-order valence-electron chi connectivity index (χ0n) is 9.79. The van der Waals surface area contributed by atoms with Crippen molar-refractivity contribution in [3.63, 3.8) is 0 Å². The monoisotopic (exact) mass is 253 g/mol. The van der Waals surface area contributed by atoms with Gasteiger partial charge in [-0.3, -0.25) is 0 Å². The van der Waals surface area contributed by atoms with Crippen LogP contribution in [0.3, 0.4) is 0 Å². The molecule has 2 atom stereocenters. The molecule has 2 heterocycles. The molecule has 2 unspecified atom stereocenters. The molecule has 1 fully saturated rings. The Labute approximate surface area is 106 Å². The summed E-state index contributed by atoms with van der Waals surface area (Å²) in [7, 11) is 0. The van der Waals surface area contributed by atoms with Gasteiger partial charge in [-0.2, -0.15) is 11.8 Å². The van der Waals surface area contributed by atoms with E-state index in [9.17, 15) is 0 Å². The average molecular weight is 253 g/mol. The van der Waals surface area contributed by atoms with Crippen molar-refractivity contribution in [1.29, 1.82) is 0 Å². The van der Waals surface area contributed by atoms with Gasteiger partial charge in [-0.1, -0.05) is 6.92 Å². The fourth-order valence-corrected chi connectivity index (χ4v) is 5.15. The van der Waals surface area contributed by atoms with Crippen molar-refractivity contribution in [2.75, 3.05) is 5.75 Å². The van der Waals surface area contributed by atoms with Crippen LogP contribution in [-0.4, -0.2) is 17.0 Å². The van der Waals surface area contributed by atoms with Gasteiger partial charge < -0.3 is 5.32 Å². The zero-order valence-corrected chi connectivity index (χ0v) is 11.4. The molecule has 16 heavy (non-hydrogen) atoms. The van der Waals surface area contributed by atoms with Crippen molar-refractivity contribution in [3.8, 4) is 0 Å². The molecule has 0 aromatic carbocycles. The maximum atomic E-state index is 3.73. The van der Waals surface area contributed by atoms with Gasteiger partial charge in [0.15, 0.2) is 0 Å². The fraction of sp³-hybridized carbons (Fsp3) is 0.692. The van der Waals surface area contributed by atoms with Crippen molar-refractivity contribution in [2.45, 2.75) is 50.4 Å². The Morgan fingerprint density at radius 1 is 1.44 bits per heavy atom. The van der Waals surface area contributed by atoms with Crippen molar-refractivity contribution in [1.82, 2.24) is 5.32 Å². The molecule has 1 saturated heterocycles. The van der Waals surface area contributed by atoms with Crippen LogP contribution < -0.4 is 5.32 Å². The first-order chi connectivity index (χ1) is 7.83. The summed E-state index contributed by atoms with van der Waals surface area (Å²) < 4.78 is 0. The Kier molecular flexibility index (Phi) is 3.27. The molecule has 0 bridgehead atoms. The molecular formula is C13H19NS2. The maximum absolute atomic E-state index is 3.73. The van der Waals surface area contributed by atoms with E-state index >= 15 is 0 Å². The van der Waals surface area contributed by atoms with E-state index in [1.807, 2.05) is 11.3 Å². The third-order valence-electron chi connectivity index (χ3n) is 3.71. The van der Waals surface area contributed by atoms with Crippen LogP contribution in [0.1, 0.15) is 35.1 Å². The SMILES string of the molecule is CC1SCCC1NCc1cc2c(s1)CCC2. The number of fused-ring (bicyclic) bond motifs is 1. The second kappa shape index (κ2) is 4.71. The molecule has 1 aliphatic carbocycles. The van der Waals surface area contributed by atoms with Crippen LogP contribution >= 0.6 is 23.1 Å². The minimum absolute atomic E-state index is 0.738. The molecule has 1 aliphatic heterocycles. The largest absolute Gasteiger partial charge is 0.308 e. The molecule has 2 aliphatic rings. The summed E-state index contributed by atoms with van der Waals surface area (Å²) in [6, 6.07) is 3.18. The van der Waals surface area contributed by atoms with Crippen LogP contribution in [0.15, 0.2) is 6.07 Å². The lowest BCUT2D eigenvalue weighted by Crippen LogP contribution is -2.32. The maximum Gasteiger partial charge on any atom is 0.0302 e. The number of nitrogens with one attached hydrogen (secondary N) is 1. The highest BCUT2D eigenvalue weighted by Crippen LogP contribution is 2.31. The summed E-state index contributed by atoms with van der Waals surface area (Å²) in [6.45, 7) is 3.44. The molecular weight excluding hydrogens is 234 g/mol. The molecule has 0 spiro atoms. The summed E-state index contributed by atoms with van der Waals surface area (Å²) in [5.41, 5.74) is 1.63. The highest BCUT2D eigenvalue weighted by atomic mass is 32.2. The van der Waals surface area contributed by atoms with Crippen LogP contribution in [0, 0.1) is 0 Å². The Morgan fingerprint density at radius 2 is 2.38 bits per heavy atom. The molecule has 1 aromatic heterocycles. The topological polar surface area (TPSA) is 12.0 Å². The van der Waals surface area contributed by atoms with Crippen molar-refractivity contribution in [3.05, 3.63) is 21.4 Å². The second-order valence-electron chi connectivity index (χ2n) is 4.87. The zero-order chi connectivity index (χ0) is 11.0. The number of rotatable bonds is 3. The summed E-state index contributed by atoms with van der Waals surface area (Å²) in [4.78, 5) is 3.21.